The average molecular weight is 220 g/mol. The molecule has 0 fully saturated rings. The van der Waals surface area contributed by atoms with Crippen LogP contribution in [-0.2, 0) is 9.53 Å². The lowest BCUT2D eigenvalue weighted by atomic mass is 9.98. The van der Waals surface area contributed by atoms with Gasteiger partial charge in [-0.15, -0.1) is 0 Å². The molecule has 1 aromatic rings. The molecule has 1 aliphatic heterocycles. The Morgan fingerprint density at radius 2 is 2.19 bits per heavy atom. The van der Waals surface area contributed by atoms with E-state index in [2.05, 4.69) is 0 Å². The summed E-state index contributed by atoms with van der Waals surface area (Å²) in [4.78, 5) is 11.7. The molecule has 1 heterocycles. The van der Waals surface area contributed by atoms with Crippen molar-refractivity contribution in [3.8, 4) is 5.75 Å². The number of fused-ring (bicyclic) bond motifs is 1. The topological polar surface area (TPSA) is 35.5 Å². The van der Waals surface area contributed by atoms with Crippen molar-refractivity contribution in [2.75, 3.05) is 6.61 Å². The zero-order chi connectivity index (χ0) is 11.5. The molecule has 0 amide bonds. The van der Waals surface area contributed by atoms with Crippen LogP contribution in [0.4, 0.5) is 0 Å². The maximum absolute atomic E-state index is 11.7. The molecule has 0 aromatic heterocycles. The van der Waals surface area contributed by atoms with E-state index in [4.69, 9.17) is 9.47 Å². The molecule has 3 nitrogen and oxygen atoms in total. The van der Waals surface area contributed by atoms with Gasteiger partial charge in [-0.05, 0) is 12.5 Å². The Bertz CT molecular complexity index is 387. The van der Waals surface area contributed by atoms with Gasteiger partial charge in [0.05, 0.1) is 6.61 Å². The molecule has 86 valence electrons. The summed E-state index contributed by atoms with van der Waals surface area (Å²) in [6, 6.07) is 7.75. The first kappa shape index (κ1) is 11.0. The minimum atomic E-state index is -0.482. The van der Waals surface area contributed by atoms with E-state index in [0.29, 0.717) is 6.61 Å². The molecule has 0 N–H and O–H groups in total. The minimum absolute atomic E-state index is 0.0700. The summed E-state index contributed by atoms with van der Waals surface area (Å²) in [5, 5.41) is 0. The van der Waals surface area contributed by atoms with Crippen LogP contribution in [0.1, 0.15) is 31.7 Å². The Balaban J connectivity index is 2.09. The van der Waals surface area contributed by atoms with Crippen molar-refractivity contribution in [3.63, 3.8) is 0 Å². The van der Waals surface area contributed by atoms with Gasteiger partial charge in [0.2, 0.25) is 6.10 Å². The molecule has 2 rings (SSSR count). The average Bonchev–Trinajstić information content (AvgIpc) is 2.64. The summed E-state index contributed by atoms with van der Waals surface area (Å²) in [6.07, 6.45) is 0.351. The van der Waals surface area contributed by atoms with Crippen LogP contribution in [0.5, 0.6) is 5.75 Å². The van der Waals surface area contributed by atoms with Crippen molar-refractivity contribution in [2.45, 2.75) is 32.3 Å². The van der Waals surface area contributed by atoms with E-state index in [1.54, 1.807) is 0 Å². The van der Waals surface area contributed by atoms with E-state index < -0.39 is 6.10 Å². The summed E-state index contributed by atoms with van der Waals surface area (Å²) in [6.45, 7) is 4.42. The van der Waals surface area contributed by atoms with Crippen molar-refractivity contribution >= 4 is 5.97 Å². The van der Waals surface area contributed by atoms with Gasteiger partial charge < -0.3 is 9.47 Å². The summed E-state index contributed by atoms with van der Waals surface area (Å²) in [7, 11) is 0. The monoisotopic (exact) mass is 220 g/mol. The van der Waals surface area contributed by atoms with E-state index in [1.165, 1.54) is 0 Å². The fourth-order valence-corrected chi connectivity index (χ4v) is 1.90. The summed E-state index contributed by atoms with van der Waals surface area (Å²) in [5.74, 6) is 0.611. The molecule has 1 aromatic carbocycles. The number of carbonyl (C=O) groups excluding carboxylic acids is 1. The quantitative estimate of drug-likeness (QED) is 0.734. The van der Waals surface area contributed by atoms with E-state index in [0.717, 1.165) is 17.7 Å². The third-order valence-corrected chi connectivity index (χ3v) is 2.80. The first-order chi connectivity index (χ1) is 7.74. The highest BCUT2D eigenvalue weighted by molar-refractivity contribution is 5.78. The van der Waals surface area contributed by atoms with Crippen molar-refractivity contribution in [1.29, 1.82) is 0 Å². The van der Waals surface area contributed by atoms with Crippen LogP contribution >= 0.6 is 0 Å². The van der Waals surface area contributed by atoms with Crippen LogP contribution in [0.25, 0.3) is 0 Å². The normalized spacial score (nSPS) is 22.4. The number of hydrogen-bond acceptors (Lipinski definition) is 3. The highest BCUT2D eigenvalue weighted by Gasteiger charge is 2.37. The van der Waals surface area contributed by atoms with Crippen LogP contribution in [0.3, 0.4) is 0 Å². The third kappa shape index (κ3) is 1.90. The first-order valence-corrected chi connectivity index (χ1v) is 5.66. The Kier molecular flexibility index (Phi) is 3.13. The Hall–Kier alpha value is -1.51. The molecule has 2 atom stereocenters. The second-order valence-corrected chi connectivity index (χ2v) is 4.03. The second-order valence-electron chi connectivity index (χ2n) is 4.03. The van der Waals surface area contributed by atoms with Gasteiger partial charge >= 0.3 is 5.97 Å². The molecule has 3 heteroatoms. The fraction of sp³-hybridized carbons (Fsp3) is 0.462. The number of hydrogen-bond donors (Lipinski definition) is 0. The third-order valence-electron chi connectivity index (χ3n) is 2.80. The first-order valence-electron chi connectivity index (χ1n) is 5.66. The van der Waals surface area contributed by atoms with Gasteiger partial charge in [-0.2, -0.15) is 0 Å². The van der Waals surface area contributed by atoms with Gasteiger partial charge in [-0.3, -0.25) is 0 Å². The Morgan fingerprint density at radius 3 is 2.88 bits per heavy atom. The molecule has 0 bridgehead atoms. The van der Waals surface area contributed by atoms with Gasteiger partial charge in [-0.25, -0.2) is 4.79 Å². The lowest BCUT2D eigenvalue weighted by molar-refractivity contribution is -0.151. The standard InChI is InChI=1S/C13H16O3/c1-3-8-15-13(14)12-9(2)10-6-4-5-7-11(10)16-12/h4-7,9,12H,3,8H2,1-2H3. The predicted octanol–water partition coefficient (Wildman–Crippen LogP) is 2.50. The minimum Gasteiger partial charge on any atom is -0.478 e. The molecule has 0 saturated carbocycles. The molecule has 0 aliphatic carbocycles. The molecule has 0 spiro atoms. The molecule has 1 aliphatic rings. The van der Waals surface area contributed by atoms with E-state index in [1.807, 2.05) is 38.1 Å². The van der Waals surface area contributed by atoms with Crippen LogP contribution < -0.4 is 4.74 Å². The smallest absolute Gasteiger partial charge is 0.347 e. The maximum atomic E-state index is 11.7. The van der Waals surface area contributed by atoms with Crippen molar-refractivity contribution in [1.82, 2.24) is 0 Å². The number of carbonyl (C=O) groups is 1. The molecular formula is C13H16O3. The maximum Gasteiger partial charge on any atom is 0.347 e. The molecule has 0 radical (unpaired) electrons. The van der Waals surface area contributed by atoms with Crippen LogP contribution in [0.15, 0.2) is 24.3 Å². The molecule has 0 saturated heterocycles. The second kappa shape index (κ2) is 4.56. The van der Waals surface area contributed by atoms with Crippen molar-refractivity contribution < 1.29 is 14.3 Å². The largest absolute Gasteiger partial charge is 0.478 e. The Labute approximate surface area is 95.4 Å². The SMILES string of the molecule is CCCOC(=O)C1Oc2ccccc2C1C. The van der Waals surface area contributed by atoms with Gasteiger partial charge in [-0.1, -0.05) is 32.0 Å². The van der Waals surface area contributed by atoms with E-state index in [9.17, 15) is 4.79 Å². The number of benzene rings is 1. The fourth-order valence-electron chi connectivity index (χ4n) is 1.90. The summed E-state index contributed by atoms with van der Waals surface area (Å²) < 4.78 is 10.7. The van der Waals surface area contributed by atoms with Gasteiger partial charge in [0.1, 0.15) is 5.75 Å². The van der Waals surface area contributed by atoms with Crippen LogP contribution in [-0.4, -0.2) is 18.7 Å². The lowest BCUT2D eigenvalue weighted by Crippen LogP contribution is -2.30. The Morgan fingerprint density at radius 1 is 1.44 bits per heavy atom. The number of ether oxygens (including phenoxy) is 2. The van der Waals surface area contributed by atoms with Crippen molar-refractivity contribution in [3.05, 3.63) is 29.8 Å². The zero-order valence-corrected chi connectivity index (χ0v) is 9.60. The summed E-state index contributed by atoms with van der Waals surface area (Å²) in [5.41, 5.74) is 1.08. The number of rotatable bonds is 3. The molecular weight excluding hydrogens is 204 g/mol. The number of esters is 1. The number of para-hydroxylation sites is 1. The highest BCUT2D eigenvalue weighted by atomic mass is 16.6. The molecule has 16 heavy (non-hydrogen) atoms. The van der Waals surface area contributed by atoms with Crippen LogP contribution in [0, 0.1) is 0 Å². The van der Waals surface area contributed by atoms with Crippen LogP contribution in [0.2, 0.25) is 0 Å². The van der Waals surface area contributed by atoms with Gasteiger partial charge in [0, 0.05) is 11.5 Å². The van der Waals surface area contributed by atoms with Gasteiger partial charge in [0.25, 0.3) is 0 Å². The highest BCUT2D eigenvalue weighted by Crippen LogP contribution is 2.37. The van der Waals surface area contributed by atoms with Gasteiger partial charge in [0.15, 0.2) is 0 Å². The predicted molar refractivity (Wildman–Crippen MR) is 60.5 cm³/mol. The summed E-state index contributed by atoms with van der Waals surface area (Å²) >= 11 is 0. The van der Waals surface area contributed by atoms with Crippen molar-refractivity contribution in [2.24, 2.45) is 0 Å². The van der Waals surface area contributed by atoms with E-state index in [-0.39, 0.29) is 11.9 Å². The lowest BCUT2D eigenvalue weighted by Gasteiger charge is -2.13. The zero-order valence-electron chi connectivity index (χ0n) is 9.60. The molecule has 2 unspecified atom stereocenters. The van der Waals surface area contributed by atoms with E-state index >= 15 is 0 Å².